The average molecular weight is 367 g/mol. The number of carbonyl (C=O) groups is 1. The van der Waals surface area contributed by atoms with E-state index in [4.69, 9.17) is 0 Å². The van der Waals surface area contributed by atoms with Gasteiger partial charge in [-0.1, -0.05) is 0 Å². The third kappa shape index (κ3) is 4.58. The zero-order valence-corrected chi connectivity index (χ0v) is 13.9. The third-order valence-corrected chi connectivity index (χ3v) is 5.07. The summed E-state index contributed by atoms with van der Waals surface area (Å²) in [4.78, 5) is 21.7. The Kier molecular flexibility index (Phi) is 5.45. The summed E-state index contributed by atoms with van der Waals surface area (Å²) >= 11 is 0. The highest BCUT2D eigenvalue weighted by molar-refractivity contribution is 7.89. The number of non-ortho nitro benzene ring substituents is 1. The summed E-state index contributed by atoms with van der Waals surface area (Å²) < 4.78 is 38.4. The first-order valence-corrected chi connectivity index (χ1v) is 8.40. The van der Waals surface area contributed by atoms with Crippen LogP contribution in [0.2, 0.25) is 0 Å². The molecule has 0 aliphatic carbocycles. The number of rotatable bonds is 6. The van der Waals surface area contributed by atoms with Gasteiger partial charge in [0.1, 0.15) is 5.82 Å². The number of nitrogens with one attached hydrogen (secondary N) is 1. The fraction of sp³-hybridized carbons (Fsp3) is 0.133. The van der Waals surface area contributed by atoms with Gasteiger partial charge in [0.15, 0.2) is 0 Å². The van der Waals surface area contributed by atoms with Crippen LogP contribution < -0.4 is 5.32 Å². The predicted octanol–water partition coefficient (Wildman–Crippen LogP) is 1.99. The number of sulfonamides is 1. The molecule has 25 heavy (non-hydrogen) atoms. The number of amides is 1. The van der Waals surface area contributed by atoms with Crippen LogP contribution in [0.1, 0.15) is 0 Å². The van der Waals surface area contributed by atoms with Crippen molar-refractivity contribution in [3.63, 3.8) is 0 Å². The van der Waals surface area contributed by atoms with E-state index in [2.05, 4.69) is 5.32 Å². The number of carbonyl (C=O) groups excluding carboxylic acids is 1. The lowest BCUT2D eigenvalue weighted by atomic mass is 10.3. The molecule has 2 rings (SSSR count). The van der Waals surface area contributed by atoms with E-state index in [1.807, 2.05) is 0 Å². The number of anilines is 1. The van der Waals surface area contributed by atoms with Crippen molar-refractivity contribution in [3.8, 4) is 0 Å². The molecule has 0 atom stereocenters. The van der Waals surface area contributed by atoms with Gasteiger partial charge < -0.3 is 5.32 Å². The van der Waals surface area contributed by atoms with Gasteiger partial charge in [0.2, 0.25) is 15.9 Å². The number of nitrogens with zero attached hydrogens (tertiary/aromatic N) is 2. The van der Waals surface area contributed by atoms with Gasteiger partial charge in [-0.2, -0.15) is 4.31 Å². The summed E-state index contributed by atoms with van der Waals surface area (Å²) in [7, 11) is -2.78. The Labute approximate surface area is 143 Å². The summed E-state index contributed by atoms with van der Waals surface area (Å²) in [5.41, 5.74) is 0.0863. The van der Waals surface area contributed by atoms with Gasteiger partial charge in [0.05, 0.1) is 16.4 Å². The zero-order chi connectivity index (χ0) is 18.6. The monoisotopic (exact) mass is 367 g/mol. The Hall–Kier alpha value is -2.85. The second-order valence-corrected chi connectivity index (χ2v) is 7.11. The maximum Gasteiger partial charge on any atom is 0.269 e. The lowest BCUT2D eigenvalue weighted by Gasteiger charge is -2.16. The minimum absolute atomic E-state index is 0.171. The molecule has 132 valence electrons. The number of nitro groups is 1. The smallest absolute Gasteiger partial charge is 0.269 e. The molecule has 0 saturated heterocycles. The van der Waals surface area contributed by atoms with E-state index in [0.29, 0.717) is 5.69 Å². The fourth-order valence-electron chi connectivity index (χ4n) is 1.94. The Morgan fingerprint density at radius 2 is 1.72 bits per heavy atom. The topological polar surface area (TPSA) is 110 Å². The zero-order valence-electron chi connectivity index (χ0n) is 13.0. The van der Waals surface area contributed by atoms with Crippen LogP contribution in [0.15, 0.2) is 53.4 Å². The van der Waals surface area contributed by atoms with Crippen LogP contribution in [0.5, 0.6) is 0 Å². The average Bonchev–Trinajstić information content (AvgIpc) is 2.57. The third-order valence-electron chi connectivity index (χ3n) is 3.25. The first kappa shape index (κ1) is 18.5. The van der Waals surface area contributed by atoms with Crippen LogP contribution in [0, 0.1) is 15.9 Å². The van der Waals surface area contributed by atoms with Crippen LogP contribution in [0.4, 0.5) is 15.8 Å². The molecule has 0 unspecified atom stereocenters. The van der Waals surface area contributed by atoms with Crippen LogP contribution in [0.25, 0.3) is 0 Å². The summed E-state index contributed by atoms with van der Waals surface area (Å²) in [6.07, 6.45) is 0. The molecule has 0 fully saturated rings. The molecule has 2 aromatic carbocycles. The highest BCUT2D eigenvalue weighted by Crippen LogP contribution is 2.18. The molecule has 2 aromatic rings. The van der Waals surface area contributed by atoms with E-state index in [-0.39, 0.29) is 10.6 Å². The molecule has 0 bridgehead atoms. The first-order chi connectivity index (χ1) is 11.7. The van der Waals surface area contributed by atoms with Crippen molar-refractivity contribution < 1.29 is 22.5 Å². The van der Waals surface area contributed by atoms with Crippen LogP contribution >= 0.6 is 0 Å². The molecule has 1 amide bonds. The number of nitro benzene ring substituents is 1. The molecule has 0 saturated carbocycles. The molecule has 0 aliphatic rings. The lowest BCUT2D eigenvalue weighted by molar-refractivity contribution is -0.384. The van der Waals surface area contributed by atoms with Crippen LogP contribution in [0.3, 0.4) is 0 Å². The largest absolute Gasteiger partial charge is 0.325 e. The maximum absolute atomic E-state index is 12.8. The normalized spacial score (nSPS) is 11.3. The molecular weight excluding hydrogens is 353 g/mol. The molecule has 0 aliphatic heterocycles. The summed E-state index contributed by atoms with van der Waals surface area (Å²) in [5, 5.41) is 13.1. The van der Waals surface area contributed by atoms with Crippen LogP contribution in [-0.2, 0) is 14.8 Å². The minimum atomic E-state index is -3.99. The van der Waals surface area contributed by atoms with E-state index >= 15 is 0 Å². The molecule has 0 radical (unpaired) electrons. The summed E-state index contributed by atoms with van der Waals surface area (Å²) in [5.74, 6) is -1.07. The molecule has 0 heterocycles. The standard InChI is InChI=1S/C15H14FN3O5S/c1-18(10-15(20)17-12-4-2-11(16)3-5-12)25(23,24)14-8-6-13(7-9-14)19(21)22/h2-9H,10H2,1H3,(H,17,20). The van der Waals surface area contributed by atoms with Crippen molar-refractivity contribution in [2.24, 2.45) is 0 Å². The van der Waals surface area contributed by atoms with Gasteiger partial charge in [0, 0.05) is 24.9 Å². The number of likely N-dealkylation sites (N-methyl/N-ethyl adjacent to an activating group) is 1. The molecule has 0 spiro atoms. The van der Waals surface area contributed by atoms with Crippen molar-refractivity contribution in [2.45, 2.75) is 4.90 Å². The lowest BCUT2D eigenvalue weighted by Crippen LogP contribution is -2.34. The summed E-state index contributed by atoms with van der Waals surface area (Å²) in [6, 6.07) is 9.35. The maximum atomic E-state index is 12.8. The molecule has 1 N–H and O–H groups in total. The minimum Gasteiger partial charge on any atom is -0.325 e. The predicted molar refractivity (Wildman–Crippen MR) is 87.9 cm³/mol. The van der Waals surface area contributed by atoms with E-state index in [9.17, 15) is 27.7 Å². The highest BCUT2D eigenvalue weighted by Gasteiger charge is 2.23. The second-order valence-electron chi connectivity index (χ2n) is 5.07. The molecular formula is C15H14FN3O5S. The number of hydrogen-bond donors (Lipinski definition) is 1. The van der Waals surface area contributed by atoms with Gasteiger partial charge in [-0.05, 0) is 36.4 Å². The van der Waals surface area contributed by atoms with Crippen molar-refractivity contribution in [1.82, 2.24) is 4.31 Å². The quantitative estimate of drug-likeness (QED) is 0.620. The molecule has 0 aromatic heterocycles. The first-order valence-electron chi connectivity index (χ1n) is 6.96. The van der Waals surface area contributed by atoms with E-state index < -0.39 is 33.2 Å². The van der Waals surface area contributed by atoms with Crippen molar-refractivity contribution in [3.05, 3.63) is 64.5 Å². The van der Waals surface area contributed by atoms with E-state index in [1.54, 1.807) is 0 Å². The number of benzene rings is 2. The van der Waals surface area contributed by atoms with Gasteiger partial charge >= 0.3 is 0 Å². The van der Waals surface area contributed by atoms with Crippen LogP contribution in [-0.4, -0.2) is 37.1 Å². The van der Waals surface area contributed by atoms with Gasteiger partial charge in [-0.3, -0.25) is 14.9 Å². The van der Waals surface area contributed by atoms with Gasteiger partial charge in [0.25, 0.3) is 5.69 Å². The van der Waals surface area contributed by atoms with Crippen molar-refractivity contribution in [2.75, 3.05) is 18.9 Å². The van der Waals surface area contributed by atoms with Gasteiger partial charge in [-0.25, -0.2) is 12.8 Å². The summed E-state index contributed by atoms with van der Waals surface area (Å²) in [6.45, 7) is -0.475. The van der Waals surface area contributed by atoms with E-state index in [0.717, 1.165) is 40.7 Å². The van der Waals surface area contributed by atoms with E-state index in [1.165, 1.54) is 19.2 Å². The SMILES string of the molecule is CN(CC(=O)Nc1ccc(F)cc1)S(=O)(=O)c1ccc([N+](=O)[O-])cc1. The molecule has 8 nitrogen and oxygen atoms in total. The Balaban J connectivity index is 2.07. The van der Waals surface area contributed by atoms with Crippen molar-refractivity contribution >= 4 is 27.3 Å². The Morgan fingerprint density at radius 1 is 1.16 bits per heavy atom. The number of halogens is 1. The Morgan fingerprint density at radius 3 is 2.24 bits per heavy atom. The number of hydrogen-bond acceptors (Lipinski definition) is 5. The second kappa shape index (κ2) is 7.36. The highest BCUT2D eigenvalue weighted by atomic mass is 32.2. The Bertz CT molecular complexity index is 882. The molecule has 10 heteroatoms. The van der Waals surface area contributed by atoms with Gasteiger partial charge in [-0.15, -0.1) is 0 Å². The van der Waals surface area contributed by atoms with Crippen molar-refractivity contribution in [1.29, 1.82) is 0 Å². The fourth-order valence-corrected chi connectivity index (χ4v) is 3.07.